The number of aromatic amines is 1. The highest BCUT2D eigenvalue weighted by atomic mass is 35.5. The number of amides is 1. The topological polar surface area (TPSA) is 114 Å². The maximum atomic E-state index is 13.3. The summed E-state index contributed by atoms with van der Waals surface area (Å²) >= 11 is 0. The number of pyridine rings is 1. The van der Waals surface area contributed by atoms with Gasteiger partial charge in [0.25, 0.3) is 11.5 Å². The molecule has 10 heteroatoms. The summed E-state index contributed by atoms with van der Waals surface area (Å²) in [7, 11) is 0. The molecule has 0 saturated carbocycles. The number of hydrogen-bond donors (Lipinski definition) is 2. The second kappa shape index (κ2) is 10.4. The van der Waals surface area contributed by atoms with E-state index in [0.29, 0.717) is 36.8 Å². The number of aryl methyl sites for hydroxylation is 1. The van der Waals surface area contributed by atoms with Crippen molar-refractivity contribution in [1.29, 1.82) is 0 Å². The molecule has 8 nitrogen and oxygen atoms in total. The Balaban J connectivity index is 0.00000225. The molecule has 2 aromatic rings. The zero-order valence-corrected chi connectivity index (χ0v) is 19.4. The highest BCUT2D eigenvalue weighted by molar-refractivity contribution is 6.05. The molecule has 1 aliphatic heterocycles. The number of halogens is 2. The molecular weight excluding hydrogens is 429 g/mol. The minimum atomic E-state index is -0.568. The molecule has 1 unspecified atom stereocenters. The number of hydrogen-bond acceptors (Lipinski definition) is 5. The van der Waals surface area contributed by atoms with Gasteiger partial charge in [0.15, 0.2) is 5.65 Å². The summed E-state index contributed by atoms with van der Waals surface area (Å²) < 4.78 is 1.40. The van der Waals surface area contributed by atoms with Gasteiger partial charge in [0, 0.05) is 31.4 Å². The highest BCUT2D eigenvalue weighted by Crippen LogP contribution is 2.24. The predicted octanol–water partition coefficient (Wildman–Crippen LogP) is 2.27. The van der Waals surface area contributed by atoms with Gasteiger partial charge in [0.1, 0.15) is 0 Å². The SMILES string of the molecule is CCn1c(=O)[nH]c(=O)c2c(C(=O)N3CCC(C(C)N)CC3)cc(C(C)C)nc21.Cl.Cl. The molecule has 0 spiro atoms. The molecule has 3 heterocycles. The number of likely N-dealkylation sites (tertiary alicyclic amines) is 1. The van der Waals surface area contributed by atoms with E-state index in [-0.39, 0.29) is 53.7 Å². The van der Waals surface area contributed by atoms with Gasteiger partial charge in [-0.05, 0) is 44.6 Å². The molecule has 30 heavy (non-hydrogen) atoms. The monoisotopic (exact) mass is 459 g/mol. The number of carbonyl (C=O) groups excluding carboxylic acids is 1. The minimum Gasteiger partial charge on any atom is -0.339 e. The molecule has 1 saturated heterocycles. The van der Waals surface area contributed by atoms with Crippen molar-refractivity contribution in [1.82, 2.24) is 19.4 Å². The first kappa shape index (κ1) is 26.1. The molecule has 2 aromatic heterocycles. The third-order valence-electron chi connectivity index (χ3n) is 5.68. The Kier molecular flexibility index (Phi) is 9.07. The van der Waals surface area contributed by atoms with Crippen molar-refractivity contribution in [2.75, 3.05) is 13.1 Å². The zero-order chi connectivity index (χ0) is 20.6. The number of piperidine rings is 1. The second-order valence-electron chi connectivity index (χ2n) is 7.94. The number of fused-ring (bicyclic) bond motifs is 1. The molecule has 0 aliphatic carbocycles. The maximum absolute atomic E-state index is 13.3. The number of rotatable bonds is 4. The van der Waals surface area contributed by atoms with Crippen LogP contribution in [0.15, 0.2) is 15.7 Å². The summed E-state index contributed by atoms with van der Waals surface area (Å²) in [5.41, 5.74) is 6.20. The van der Waals surface area contributed by atoms with E-state index < -0.39 is 11.2 Å². The predicted molar refractivity (Wildman–Crippen MR) is 123 cm³/mol. The van der Waals surface area contributed by atoms with E-state index in [1.165, 1.54) is 4.57 Å². The van der Waals surface area contributed by atoms with Crippen LogP contribution < -0.4 is 17.0 Å². The summed E-state index contributed by atoms with van der Waals surface area (Å²) in [6, 6.07) is 1.81. The van der Waals surface area contributed by atoms with Crippen LogP contribution in [0.3, 0.4) is 0 Å². The molecule has 0 bridgehead atoms. The summed E-state index contributed by atoms with van der Waals surface area (Å²) in [5.74, 6) is 0.266. The largest absolute Gasteiger partial charge is 0.339 e. The Morgan fingerprint density at radius 3 is 2.33 bits per heavy atom. The molecule has 1 aliphatic rings. The van der Waals surface area contributed by atoms with Crippen LogP contribution in [-0.4, -0.2) is 44.5 Å². The van der Waals surface area contributed by atoms with Gasteiger partial charge in [0.2, 0.25) is 0 Å². The highest BCUT2D eigenvalue weighted by Gasteiger charge is 2.28. The Bertz CT molecular complexity index is 1010. The van der Waals surface area contributed by atoms with Gasteiger partial charge in [-0.2, -0.15) is 0 Å². The molecule has 3 rings (SSSR count). The first-order valence-corrected chi connectivity index (χ1v) is 9.97. The molecule has 3 N–H and O–H groups in total. The lowest BCUT2D eigenvalue weighted by Crippen LogP contribution is -2.43. The fourth-order valence-electron chi connectivity index (χ4n) is 3.85. The lowest BCUT2D eigenvalue weighted by Gasteiger charge is -2.34. The maximum Gasteiger partial charge on any atom is 0.329 e. The van der Waals surface area contributed by atoms with Crippen molar-refractivity contribution >= 4 is 41.8 Å². The number of carbonyl (C=O) groups is 1. The van der Waals surface area contributed by atoms with E-state index in [9.17, 15) is 14.4 Å². The van der Waals surface area contributed by atoms with Crippen LogP contribution >= 0.6 is 24.8 Å². The average molecular weight is 460 g/mol. The summed E-state index contributed by atoms with van der Waals surface area (Å²) in [5, 5.41) is 0.185. The van der Waals surface area contributed by atoms with E-state index in [1.54, 1.807) is 11.0 Å². The molecule has 168 valence electrons. The number of nitrogens with two attached hydrogens (primary N) is 1. The van der Waals surface area contributed by atoms with Crippen LogP contribution in [0.5, 0.6) is 0 Å². The molecule has 1 atom stereocenters. The van der Waals surface area contributed by atoms with Crippen LogP contribution in [0.4, 0.5) is 0 Å². The van der Waals surface area contributed by atoms with Gasteiger partial charge >= 0.3 is 5.69 Å². The van der Waals surface area contributed by atoms with Crippen LogP contribution in [0.25, 0.3) is 11.0 Å². The number of aromatic nitrogens is 3. The normalized spacial score (nSPS) is 15.6. The summed E-state index contributed by atoms with van der Waals surface area (Å²) in [4.78, 5) is 46.8. The minimum absolute atomic E-state index is 0. The van der Waals surface area contributed by atoms with Crippen LogP contribution in [0, 0.1) is 5.92 Å². The Hall–Kier alpha value is -1.90. The van der Waals surface area contributed by atoms with Crippen molar-refractivity contribution in [3.63, 3.8) is 0 Å². The zero-order valence-electron chi connectivity index (χ0n) is 17.8. The van der Waals surface area contributed by atoms with Crippen molar-refractivity contribution in [2.45, 2.75) is 59.0 Å². The molecule has 0 radical (unpaired) electrons. The van der Waals surface area contributed by atoms with Crippen molar-refractivity contribution in [2.24, 2.45) is 11.7 Å². The second-order valence-corrected chi connectivity index (χ2v) is 7.94. The molecular formula is C20H31Cl2N5O3. The standard InChI is InChI=1S/C20H29N5O3.2ClH/c1-5-25-17-16(18(26)23-20(25)28)14(10-15(22-17)11(2)3)19(27)24-8-6-13(7-9-24)12(4)21;;/h10-13H,5-9,21H2,1-4H3,(H,23,26,28);2*1H. The lowest BCUT2D eigenvalue weighted by atomic mass is 9.90. The average Bonchev–Trinajstić information content (AvgIpc) is 2.66. The van der Waals surface area contributed by atoms with Gasteiger partial charge in [-0.15, -0.1) is 24.8 Å². The van der Waals surface area contributed by atoms with Crippen LogP contribution in [-0.2, 0) is 6.54 Å². The van der Waals surface area contributed by atoms with Crippen molar-refractivity contribution in [3.05, 3.63) is 38.2 Å². The van der Waals surface area contributed by atoms with Gasteiger partial charge in [0.05, 0.1) is 10.9 Å². The van der Waals surface area contributed by atoms with Crippen LogP contribution in [0.2, 0.25) is 0 Å². The van der Waals surface area contributed by atoms with Gasteiger partial charge in [-0.3, -0.25) is 19.1 Å². The van der Waals surface area contributed by atoms with Gasteiger partial charge in [-0.25, -0.2) is 9.78 Å². The quantitative estimate of drug-likeness (QED) is 0.727. The fraction of sp³-hybridized carbons (Fsp3) is 0.600. The van der Waals surface area contributed by atoms with Crippen LogP contribution in [0.1, 0.15) is 62.5 Å². The number of H-pyrrole nitrogens is 1. The molecule has 0 aromatic carbocycles. The molecule has 1 amide bonds. The summed E-state index contributed by atoms with van der Waals surface area (Å²) in [6.07, 6.45) is 1.69. The van der Waals surface area contributed by atoms with E-state index in [2.05, 4.69) is 9.97 Å². The van der Waals surface area contributed by atoms with Gasteiger partial charge < -0.3 is 10.6 Å². The fourth-order valence-corrected chi connectivity index (χ4v) is 3.85. The van der Waals surface area contributed by atoms with Gasteiger partial charge in [-0.1, -0.05) is 13.8 Å². The lowest BCUT2D eigenvalue weighted by molar-refractivity contribution is 0.0682. The first-order valence-electron chi connectivity index (χ1n) is 9.97. The van der Waals surface area contributed by atoms with Crippen molar-refractivity contribution in [3.8, 4) is 0 Å². The van der Waals surface area contributed by atoms with E-state index in [0.717, 1.165) is 12.8 Å². The number of nitrogens with zero attached hydrogens (tertiary/aromatic N) is 3. The third-order valence-corrected chi connectivity index (χ3v) is 5.68. The third kappa shape index (κ3) is 4.87. The number of nitrogens with one attached hydrogen (secondary N) is 1. The Morgan fingerprint density at radius 1 is 1.23 bits per heavy atom. The Labute approximate surface area is 188 Å². The van der Waals surface area contributed by atoms with E-state index in [4.69, 9.17) is 5.73 Å². The van der Waals surface area contributed by atoms with E-state index in [1.807, 2.05) is 27.7 Å². The molecule has 1 fully saturated rings. The Morgan fingerprint density at radius 2 is 1.83 bits per heavy atom. The first-order chi connectivity index (χ1) is 13.2. The summed E-state index contributed by atoms with van der Waals surface area (Å²) in [6.45, 7) is 9.32. The smallest absolute Gasteiger partial charge is 0.329 e. The van der Waals surface area contributed by atoms with Crippen molar-refractivity contribution < 1.29 is 4.79 Å². The van der Waals surface area contributed by atoms with E-state index >= 15 is 0 Å².